The second kappa shape index (κ2) is 10.9. The average Bonchev–Trinajstić information content (AvgIpc) is 3.41. The molecule has 1 N–H and O–H groups in total. The highest BCUT2D eigenvalue weighted by atomic mass is 32.2. The van der Waals surface area contributed by atoms with Crippen LogP contribution in [0.5, 0.6) is 11.5 Å². The van der Waals surface area contributed by atoms with E-state index in [1.54, 1.807) is 24.3 Å². The van der Waals surface area contributed by atoms with Crippen LogP contribution >= 0.6 is 11.8 Å². The number of nitro groups is 2. The number of ether oxygens (including phenoxy) is 1. The van der Waals surface area contributed by atoms with Crippen LogP contribution in [0, 0.1) is 34.1 Å². The monoisotopic (exact) mass is 555 g/mol. The van der Waals surface area contributed by atoms with Gasteiger partial charge in [-0.2, -0.15) is 0 Å². The summed E-state index contributed by atoms with van der Waals surface area (Å²) in [5.74, 6) is 0.00851. The van der Waals surface area contributed by atoms with Crippen molar-refractivity contribution in [3.8, 4) is 17.2 Å². The van der Waals surface area contributed by atoms with Crippen molar-refractivity contribution in [1.82, 2.24) is 9.88 Å². The van der Waals surface area contributed by atoms with Crippen molar-refractivity contribution in [2.45, 2.75) is 13.8 Å². The Bertz CT molecular complexity index is 1710. The fourth-order valence-electron chi connectivity index (χ4n) is 4.21. The number of rotatable bonds is 7. The number of amides is 1. The van der Waals surface area contributed by atoms with Crippen LogP contribution < -0.4 is 10.1 Å². The van der Waals surface area contributed by atoms with Crippen LogP contribution in [-0.4, -0.2) is 25.5 Å². The Morgan fingerprint density at radius 2 is 1.68 bits per heavy atom. The molecule has 1 fully saturated rings. The SMILES string of the molecule is Cc1cc(/C=C2\SC(=Nc3ccccc3)NC2=O)c(C)n1-c1ccc(Oc2ccc([N+](=O)[O-])cc2[N+](=O)[O-])cc1. The molecule has 12 heteroatoms. The molecule has 1 aromatic heterocycles. The smallest absolute Gasteiger partial charge is 0.318 e. The van der Waals surface area contributed by atoms with Gasteiger partial charge in [-0.1, -0.05) is 18.2 Å². The zero-order chi connectivity index (χ0) is 28.4. The number of benzene rings is 3. The third-order valence-corrected chi connectivity index (χ3v) is 6.98. The molecule has 0 aliphatic carbocycles. The molecule has 1 aliphatic rings. The number of para-hydroxylation sites is 1. The highest BCUT2D eigenvalue weighted by molar-refractivity contribution is 8.18. The Hall–Kier alpha value is -5.23. The van der Waals surface area contributed by atoms with Crippen LogP contribution in [0.15, 0.2) is 88.8 Å². The summed E-state index contributed by atoms with van der Waals surface area (Å²) in [5.41, 5.74) is 3.39. The van der Waals surface area contributed by atoms with Gasteiger partial charge in [0, 0.05) is 23.1 Å². The predicted octanol–water partition coefficient (Wildman–Crippen LogP) is 6.59. The number of carbonyl (C=O) groups excluding carboxylic acids is 1. The largest absolute Gasteiger partial charge is 0.450 e. The lowest BCUT2D eigenvalue weighted by Gasteiger charge is -2.11. The third-order valence-electron chi connectivity index (χ3n) is 6.07. The van der Waals surface area contributed by atoms with Crippen LogP contribution in [0.2, 0.25) is 0 Å². The van der Waals surface area contributed by atoms with Crippen molar-refractivity contribution in [1.29, 1.82) is 0 Å². The second-order valence-electron chi connectivity index (χ2n) is 8.74. The summed E-state index contributed by atoms with van der Waals surface area (Å²) in [6.45, 7) is 3.89. The zero-order valence-corrected chi connectivity index (χ0v) is 22.0. The van der Waals surface area contributed by atoms with Gasteiger partial charge in [-0.25, -0.2) is 4.99 Å². The molecule has 5 rings (SSSR count). The summed E-state index contributed by atoms with van der Waals surface area (Å²) in [6.07, 6.45) is 1.83. The van der Waals surface area contributed by atoms with Gasteiger partial charge in [0.2, 0.25) is 5.75 Å². The Balaban J connectivity index is 1.37. The number of nitro benzene ring substituents is 2. The van der Waals surface area contributed by atoms with Crippen molar-refractivity contribution >= 4 is 46.0 Å². The van der Waals surface area contributed by atoms with Crippen molar-refractivity contribution in [2.75, 3.05) is 0 Å². The molecule has 1 saturated heterocycles. The van der Waals surface area contributed by atoms with Gasteiger partial charge in [0.05, 0.1) is 26.5 Å². The molecule has 4 aromatic rings. The van der Waals surface area contributed by atoms with Gasteiger partial charge >= 0.3 is 5.69 Å². The molecule has 11 nitrogen and oxygen atoms in total. The number of thioether (sulfide) groups is 1. The first-order chi connectivity index (χ1) is 19.2. The van der Waals surface area contributed by atoms with Crippen molar-refractivity contribution in [3.63, 3.8) is 0 Å². The quantitative estimate of drug-likeness (QED) is 0.154. The fraction of sp³-hybridized carbons (Fsp3) is 0.0714. The number of nitrogens with zero attached hydrogens (tertiary/aromatic N) is 4. The number of amidine groups is 1. The molecule has 0 unspecified atom stereocenters. The van der Waals surface area contributed by atoms with E-state index in [9.17, 15) is 25.0 Å². The molecule has 2 heterocycles. The van der Waals surface area contributed by atoms with Gasteiger partial charge in [-0.05, 0) is 85.8 Å². The molecular formula is C28H21N5O6S. The van der Waals surface area contributed by atoms with Gasteiger partial charge in [0.1, 0.15) is 5.75 Å². The minimum absolute atomic E-state index is 0.104. The molecule has 0 bridgehead atoms. The molecule has 200 valence electrons. The first-order valence-corrected chi connectivity index (χ1v) is 12.8. The van der Waals surface area contributed by atoms with Gasteiger partial charge in [-0.15, -0.1) is 0 Å². The number of aryl methyl sites for hydroxylation is 1. The Morgan fingerprint density at radius 1 is 0.950 bits per heavy atom. The summed E-state index contributed by atoms with van der Waals surface area (Å²) in [7, 11) is 0. The van der Waals surface area contributed by atoms with Crippen molar-refractivity contribution < 1.29 is 19.4 Å². The number of aromatic nitrogens is 1. The molecule has 3 aromatic carbocycles. The summed E-state index contributed by atoms with van der Waals surface area (Å²) in [5, 5.41) is 25.7. The lowest BCUT2D eigenvalue weighted by atomic mass is 10.2. The summed E-state index contributed by atoms with van der Waals surface area (Å²) in [6, 6.07) is 21.5. The first-order valence-electron chi connectivity index (χ1n) is 11.9. The van der Waals surface area contributed by atoms with Crippen molar-refractivity contribution in [3.05, 3.63) is 121 Å². The van der Waals surface area contributed by atoms with E-state index in [0.717, 1.165) is 40.5 Å². The topological polar surface area (TPSA) is 142 Å². The molecular weight excluding hydrogens is 534 g/mol. The van der Waals surface area contributed by atoms with Gasteiger partial charge in [0.25, 0.3) is 11.6 Å². The number of hydrogen-bond donors (Lipinski definition) is 1. The van der Waals surface area contributed by atoms with E-state index in [0.29, 0.717) is 15.8 Å². The van der Waals surface area contributed by atoms with Crippen LogP contribution in [0.25, 0.3) is 11.8 Å². The molecule has 0 atom stereocenters. The van der Waals surface area contributed by atoms with E-state index >= 15 is 0 Å². The third kappa shape index (κ3) is 5.47. The first kappa shape index (κ1) is 26.4. The zero-order valence-electron chi connectivity index (χ0n) is 21.2. The van der Waals surface area contributed by atoms with E-state index in [4.69, 9.17) is 4.74 Å². The lowest BCUT2D eigenvalue weighted by molar-refractivity contribution is -0.394. The number of nitrogens with one attached hydrogen (secondary N) is 1. The van der Waals surface area contributed by atoms with E-state index in [1.165, 1.54) is 17.8 Å². The molecule has 1 amide bonds. The number of carbonyl (C=O) groups is 1. The summed E-state index contributed by atoms with van der Waals surface area (Å²) in [4.78, 5) is 38.6. The van der Waals surface area contributed by atoms with Crippen LogP contribution in [0.3, 0.4) is 0 Å². The normalized spacial score (nSPS) is 14.9. The van der Waals surface area contributed by atoms with E-state index in [1.807, 2.05) is 60.9 Å². The maximum atomic E-state index is 12.6. The second-order valence-corrected chi connectivity index (χ2v) is 9.77. The van der Waals surface area contributed by atoms with Gasteiger partial charge in [0.15, 0.2) is 5.17 Å². The predicted molar refractivity (Wildman–Crippen MR) is 152 cm³/mol. The molecule has 40 heavy (non-hydrogen) atoms. The van der Waals surface area contributed by atoms with E-state index < -0.39 is 21.2 Å². The minimum atomic E-state index is -0.724. The lowest BCUT2D eigenvalue weighted by Crippen LogP contribution is -2.19. The fourth-order valence-corrected chi connectivity index (χ4v) is 5.04. The van der Waals surface area contributed by atoms with Gasteiger partial charge < -0.3 is 14.6 Å². The number of hydrogen-bond acceptors (Lipinski definition) is 8. The Morgan fingerprint density at radius 3 is 2.35 bits per heavy atom. The average molecular weight is 556 g/mol. The highest BCUT2D eigenvalue weighted by Crippen LogP contribution is 2.35. The van der Waals surface area contributed by atoms with E-state index in [-0.39, 0.29) is 11.7 Å². The maximum Gasteiger partial charge on any atom is 0.318 e. The number of aliphatic imine (C=N–C) groups is 1. The number of non-ortho nitro benzene ring substituents is 1. The summed E-state index contributed by atoms with van der Waals surface area (Å²) >= 11 is 1.28. The maximum absolute atomic E-state index is 12.6. The summed E-state index contributed by atoms with van der Waals surface area (Å²) < 4.78 is 7.69. The van der Waals surface area contributed by atoms with Gasteiger partial charge in [-0.3, -0.25) is 25.0 Å². The Kier molecular flexibility index (Phi) is 7.17. The van der Waals surface area contributed by atoms with E-state index in [2.05, 4.69) is 10.3 Å². The van der Waals surface area contributed by atoms with Crippen LogP contribution in [0.4, 0.5) is 17.1 Å². The molecule has 0 saturated carbocycles. The molecule has 0 spiro atoms. The Labute approximate surface area is 232 Å². The molecule has 0 radical (unpaired) electrons. The minimum Gasteiger partial charge on any atom is -0.450 e. The van der Waals surface area contributed by atoms with Crippen LogP contribution in [0.1, 0.15) is 17.0 Å². The highest BCUT2D eigenvalue weighted by Gasteiger charge is 2.25. The van der Waals surface area contributed by atoms with Crippen LogP contribution in [-0.2, 0) is 4.79 Å². The molecule has 1 aliphatic heterocycles. The standard InChI is InChI=1S/C28H21N5O6S/c1-17-14-19(15-26-27(34)30-28(40-26)29-20-6-4-3-5-7-20)18(2)31(17)21-8-11-23(12-9-21)39-25-13-10-22(32(35)36)16-24(25)33(37)38/h3-16H,1-2H3,(H,29,30,34)/b26-15-. The van der Waals surface area contributed by atoms with Crippen molar-refractivity contribution in [2.24, 2.45) is 4.99 Å².